The molecule has 0 fully saturated rings. The summed E-state index contributed by atoms with van der Waals surface area (Å²) in [5.74, 6) is 0.909. The number of rotatable bonds is 6. The number of benzene rings is 1. The van der Waals surface area contributed by atoms with E-state index in [0.717, 1.165) is 43.6 Å². The molecule has 0 bridgehead atoms. The Morgan fingerprint density at radius 1 is 1.28 bits per heavy atom. The monoisotopic (exact) mass is 248 g/mol. The summed E-state index contributed by atoms with van der Waals surface area (Å²) in [6.45, 7) is 3.00. The Hall–Kier alpha value is -1.02. The lowest BCUT2D eigenvalue weighted by Crippen LogP contribution is -2.09. The molecule has 1 aromatic carbocycles. The Morgan fingerprint density at radius 3 is 3.00 bits per heavy atom. The number of hydrogen-bond donors (Lipinski definition) is 1. The summed E-state index contributed by atoms with van der Waals surface area (Å²) in [4.78, 5) is 0. The van der Waals surface area contributed by atoms with E-state index in [2.05, 4.69) is 13.0 Å². The number of unbranched alkanes of at least 4 members (excludes halogenated alkanes) is 3. The van der Waals surface area contributed by atoms with Crippen LogP contribution in [0.15, 0.2) is 18.2 Å². The molecule has 0 heterocycles. The maximum absolute atomic E-state index is 9.97. The van der Waals surface area contributed by atoms with E-state index < -0.39 is 0 Å². The number of aliphatic hydroxyl groups excluding tert-OH is 1. The molecule has 0 amide bonds. The van der Waals surface area contributed by atoms with Gasteiger partial charge in [0, 0.05) is 0 Å². The van der Waals surface area contributed by atoms with Crippen LogP contribution in [0.5, 0.6) is 5.75 Å². The van der Waals surface area contributed by atoms with Crippen LogP contribution in [0.2, 0.25) is 0 Å². The van der Waals surface area contributed by atoms with Crippen molar-refractivity contribution < 1.29 is 9.84 Å². The highest BCUT2D eigenvalue weighted by molar-refractivity contribution is 5.38. The summed E-state index contributed by atoms with van der Waals surface area (Å²) in [7, 11) is 0. The fourth-order valence-corrected chi connectivity index (χ4v) is 2.56. The van der Waals surface area contributed by atoms with Crippen LogP contribution in [0.3, 0.4) is 0 Å². The first kappa shape index (κ1) is 13.4. The van der Waals surface area contributed by atoms with Gasteiger partial charge in [-0.3, -0.25) is 0 Å². The van der Waals surface area contributed by atoms with E-state index in [1.807, 2.05) is 12.1 Å². The van der Waals surface area contributed by atoms with Crippen molar-refractivity contribution in [2.75, 3.05) is 6.61 Å². The zero-order valence-corrected chi connectivity index (χ0v) is 11.3. The van der Waals surface area contributed by atoms with Gasteiger partial charge in [-0.05, 0) is 48.9 Å². The molecular formula is C16H24O2. The van der Waals surface area contributed by atoms with Crippen molar-refractivity contribution in [1.82, 2.24) is 0 Å². The number of hydrogen-bond acceptors (Lipinski definition) is 2. The van der Waals surface area contributed by atoms with Crippen molar-refractivity contribution in [3.63, 3.8) is 0 Å². The first-order valence-electron chi connectivity index (χ1n) is 7.25. The fraction of sp³-hybridized carbons (Fsp3) is 0.625. The molecule has 1 atom stereocenters. The first-order valence-corrected chi connectivity index (χ1v) is 7.25. The highest BCUT2D eigenvalue weighted by atomic mass is 16.5. The predicted molar refractivity (Wildman–Crippen MR) is 74.0 cm³/mol. The fourth-order valence-electron chi connectivity index (χ4n) is 2.56. The topological polar surface area (TPSA) is 29.5 Å². The Labute approximate surface area is 110 Å². The average Bonchev–Trinajstić information content (AvgIpc) is 2.39. The minimum Gasteiger partial charge on any atom is -0.494 e. The third-order valence-corrected chi connectivity index (χ3v) is 3.67. The van der Waals surface area contributed by atoms with Gasteiger partial charge in [0.15, 0.2) is 0 Å². The normalized spacial score (nSPS) is 18.4. The summed E-state index contributed by atoms with van der Waals surface area (Å²) in [5.41, 5.74) is 2.36. The summed E-state index contributed by atoms with van der Waals surface area (Å²) in [6, 6.07) is 6.18. The van der Waals surface area contributed by atoms with Crippen molar-refractivity contribution in [1.29, 1.82) is 0 Å². The zero-order valence-electron chi connectivity index (χ0n) is 11.3. The third kappa shape index (κ3) is 3.49. The SMILES string of the molecule is CCCCCCOc1ccc2c(c1)[C@@H](O)CCC2. The lowest BCUT2D eigenvalue weighted by molar-refractivity contribution is 0.156. The smallest absolute Gasteiger partial charge is 0.119 e. The van der Waals surface area contributed by atoms with Crippen molar-refractivity contribution in [2.24, 2.45) is 0 Å². The van der Waals surface area contributed by atoms with E-state index in [1.54, 1.807) is 0 Å². The second-order valence-corrected chi connectivity index (χ2v) is 5.18. The molecule has 0 saturated heterocycles. The number of ether oxygens (including phenoxy) is 1. The first-order chi connectivity index (χ1) is 8.81. The molecular weight excluding hydrogens is 224 g/mol. The molecule has 0 aromatic heterocycles. The van der Waals surface area contributed by atoms with E-state index in [-0.39, 0.29) is 6.10 Å². The molecule has 1 aliphatic carbocycles. The maximum Gasteiger partial charge on any atom is 0.119 e. The minimum atomic E-state index is -0.294. The van der Waals surface area contributed by atoms with Gasteiger partial charge in [0.25, 0.3) is 0 Å². The highest BCUT2D eigenvalue weighted by Gasteiger charge is 2.18. The summed E-state index contributed by atoms with van der Waals surface area (Å²) in [5, 5.41) is 9.97. The van der Waals surface area contributed by atoms with Gasteiger partial charge in [0.1, 0.15) is 5.75 Å². The minimum absolute atomic E-state index is 0.294. The van der Waals surface area contributed by atoms with Crippen LogP contribution in [0.4, 0.5) is 0 Å². The van der Waals surface area contributed by atoms with Gasteiger partial charge in [-0.15, -0.1) is 0 Å². The van der Waals surface area contributed by atoms with Crippen LogP contribution >= 0.6 is 0 Å². The van der Waals surface area contributed by atoms with Gasteiger partial charge in [0.2, 0.25) is 0 Å². The maximum atomic E-state index is 9.97. The molecule has 1 aliphatic rings. The Bertz CT molecular complexity index is 373. The van der Waals surface area contributed by atoms with Crippen LogP contribution in [0, 0.1) is 0 Å². The second kappa shape index (κ2) is 6.79. The van der Waals surface area contributed by atoms with Crippen molar-refractivity contribution in [3.05, 3.63) is 29.3 Å². The van der Waals surface area contributed by atoms with E-state index >= 15 is 0 Å². The summed E-state index contributed by atoms with van der Waals surface area (Å²) in [6.07, 6.45) is 7.66. The molecule has 2 nitrogen and oxygen atoms in total. The van der Waals surface area contributed by atoms with Crippen LogP contribution in [0.25, 0.3) is 0 Å². The molecule has 0 aliphatic heterocycles. The van der Waals surface area contributed by atoms with Gasteiger partial charge < -0.3 is 9.84 Å². The van der Waals surface area contributed by atoms with Crippen molar-refractivity contribution >= 4 is 0 Å². The van der Waals surface area contributed by atoms with Crippen LogP contribution in [-0.2, 0) is 6.42 Å². The molecule has 1 N–H and O–H groups in total. The molecule has 1 aromatic rings. The number of aliphatic hydroxyl groups is 1. The molecule has 18 heavy (non-hydrogen) atoms. The Kier molecular flexibility index (Phi) is 5.06. The lowest BCUT2D eigenvalue weighted by atomic mass is 9.89. The van der Waals surface area contributed by atoms with Crippen molar-refractivity contribution in [2.45, 2.75) is 58.0 Å². The Balaban J connectivity index is 1.88. The standard InChI is InChI=1S/C16H24O2/c1-2-3-4-5-11-18-14-10-9-13-7-6-8-16(17)15(13)12-14/h9-10,12,16-17H,2-8,11H2,1H3/t16-/m0/s1. The molecule has 0 radical (unpaired) electrons. The molecule has 2 heteroatoms. The summed E-state index contributed by atoms with van der Waals surface area (Å²) >= 11 is 0. The van der Waals surface area contributed by atoms with E-state index in [1.165, 1.54) is 24.8 Å². The third-order valence-electron chi connectivity index (χ3n) is 3.67. The molecule has 2 rings (SSSR count). The largest absolute Gasteiger partial charge is 0.494 e. The van der Waals surface area contributed by atoms with Gasteiger partial charge >= 0.3 is 0 Å². The van der Waals surface area contributed by atoms with Crippen molar-refractivity contribution in [3.8, 4) is 5.75 Å². The highest BCUT2D eigenvalue weighted by Crippen LogP contribution is 2.32. The van der Waals surface area contributed by atoms with Gasteiger partial charge in [-0.25, -0.2) is 0 Å². The average molecular weight is 248 g/mol. The molecule has 0 unspecified atom stereocenters. The second-order valence-electron chi connectivity index (χ2n) is 5.18. The zero-order chi connectivity index (χ0) is 12.8. The Morgan fingerprint density at radius 2 is 2.17 bits per heavy atom. The number of aryl methyl sites for hydroxylation is 1. The van der Waals surface area contributed by atoms with Crippen LogP contribution in [0.1, 0.15) is 62.7 Å². The molecule has 0 saturated carbocycles. The van der Waals surface area contributed by atoms with Crippen LogP contribution < -0.4 is 4.74 Å². The van der Waals surface area contributed by atoms with E-state index in [9.17, 15) is 5.11 Å². The summed E-state index contributed by atoms with van der Waals surface area (Å²) < 4.78 is 5.76. The van der Waals surface area contributed by atoms with E-state index in [0.29, 0.717) is 0 Å². The quantitative estimate of drug-likeness (QED) is 0.771. The number of fused-ring (bicyclic) bond motifs is 1. The van der Waals surface area contributed by atoms with Gasteiger partial charge in [-0.1, -0.05) is 32.3 Å². The van der Waals surface area contributed by atoms with Gasteiger partial charge in [0.05, 0.1) is 12.7 Å². The van der Waals surface area contributed by atoms with E-state index in [4.69, 9.17) is 4.74 Å². The van der Waals surface area contributed by atoms with Gasteiger partial charge in [-0.2, -0.15) is 0 Å². The molecule has 0 spiro atoms. The molecule has 100 valence electrons. The predicted octanol–water partition coefficient (Wildman–Crippen LogP) is 4.02. The lowest BCUT2D eigenvalue weighted by Gasteiger charge is -2.22. The van der Waals surface area contributed by atoms with Crippen LogP contribution in [-0.4, -0.2) is 11.7 Å².